The first-order valence-corrected chi connectivity index (χ1v) is 24.0. The average molecular weight is 901 g/mol. The SMILES string of the molecule is CC(C)(C)c1ccnc(-n2c3ccccc3c3ccc(Oc4cccc([N+]5=C=[N+](c6ccccc6-c6cccc(C7(c8ccccc8)c8ccccc8-c8ccccc87)c6)c6ccccc65)c4)cc32)c1. The molecular formula is C65H48N4O+2. The topological polar surface area (TPSA) is 33.1 Å². The van der Waals surface area contributed by atoms with Gasteiger partial charge in [-0.25, -0.2) is 4.98 Å². The van der Waals surface area contributed by atoms with Crippen molar-refractivity contribution in [2.75, 3.05) is 0 Å². The second-order valence-electron chi connectivity index (χ2n) is 19.3. The number of ether oxygens (including phenoxy) is 1. The van der Waals surface area contributed by atoms with Crippen molar-refractivity contribution >= 4 is 50.6 Å². The molecule has 332 valence electrons. The first-order valence-electron chi connectivity index (χ1n) is 24.0. The lowest BCUT2D eigenvalue weighted by atomic mass is 9.67. The van der Waals surface area contributed by atoms with Crippen LogP contribution in [0.3, 0.4) is 0 Å². The van der Waals surface area contributed by atoms with Crippen LogP contribution in [-0.2, 0) is 10.8 Å². The number of aromatic nitrogens is 2. The molecule has 1 aliphatic carbocycles. The fraction of sp³-hybridized carbons (Fsp3) is 0.0769. The van der Waals surface area contributed by atoms with Crippen molar-refractivity contribution in [3.8, 4) is 39.6 Å². The lowest BCUT2D eigenvalue weighted by Crippen LogP contribution is -2.28. The number of para-hydroxylation sites is 4. The van der Waals surface area contributed by atoms with E-state index in [4.69, 9.17) is 9.72 Å². The second kappa shape index (κ2) is 16.1. The maximum atomic E-state index is 6.76. The molecule has 9 aromatic carbocycles. The number of rotatable bonds is 8. The molecule has 0 fully saturated rings. The Morgan fingerprint density at radius 2 is 1.09 bits per heavy atom. The van der Waals surface area contributed by atoms with E-state index < -0.39 is 5.41 Å². The minimum atomic E-state index is -0.499. The summed E-state index contributed by atoms with van der Waals surface area (Å²) in [6.07, 6.45) is 1.92. The molecule has 5 nitrogen and oxygen atoms in total. The molecule has 0 radical (unpaired) electrons. The van der Waals surface area contributed by atoms with Crippen LogP contribution in [-0.4, -0.2) is 15.6 Å². The lowest BCUT2D eigenvalue weighted by Gasteiger charge is -2.34. The van der Waals surface area contributed by atoms with E-state index in [2.05, 4.69) is 265 Å². The Bertz CT molecular complexity index is 3910. The van der Waals surface area contributed by atoms with Gasteiger partial charge >= 0.3 is 6.01 Å². The first-order chi connectivity index (χ1) is 34.3. The van der Waals surface area contributed by atoms with Crippen LogP contribution in [0.15, 0.2) is 237 Å². The summed E-state index contributed by atoms with van der Waals surface area (Å²) in [4.78, 5) is 4.89. The molecule has 70 heavy (non-hydrogen) atoms. The standard InChI is InChI=1S/C65H48N4O/c1-64(2,3)46-37-38-66-63(40-46)69-59-32-14-10-28-54(59)55-36-35-50(42-62(55)69)70-49-24-18-23-48(41-49)67-43-68(61-34-16-15-33-60(61)67)58-31-13-9-25-51(58)44-19-17-22-47(39-44)65(45-20-5-4-6-21-45)56-29-11-7-26-52(56)53-27-8-12-30-57(53)65/h4-42H,1-3H3/q+2. The second-order valence-corrected chi connectivity index (χ2v) is 19.3. The molecule has 5 heteroatoms. The van der Waals surface area contributed by atoms with Gasteiger partial charge in [0.2, 0.25) is 11.4 Å². The summed E-state index contributed by atoms with van der Waals surface area (Å²) in [5, 5.41) is 2.32. The highest BCUT2D eigenvalue weighted by Crippen LogP contribution is 2.56. The van der Waals surface area contributed by atoms with Crippen LogP contribution in [0.4, 0.5) is 22.7 Å². The highest BCUT2D eigenvalue weighted by molar-refractivity contribution is 6.09. The van der Waals surface area contributed by atoms with E-state index in [-0.39, 0.29) is 5.41 Å². The van der Waals surface area contributed by atoms with Crippen LogP contribution >= 0.6 is 0 Å². The van der Waals surface area contributed by atoms with Crippen LogP contribution in [0.5, 0.6) is 11.5 Å². The number of hydrogen-bond acceptors (Lipinski definition) is 2. The van der Waals surface area contributed by atoms with Gasteiger partial charge in [-0.2, -0.15) is 0 Å². The van der Waals surface area contributed by atoms with Gasteiger partial charge in [-0.1, -0.05) is 166 Å². The molecule has 11 aromatic rings. The van der Waals surface area contributed by atoms with Gasteiger partial charge < -0.3 is 4.74 Å². The molecule has 0 bridgehead atoms. The Balaban J connectivity index is 0.906. The van der Waals surface area contributed by atoms with Crippen molar-refractivity contribution in [1.29, 1.82) is 0 Å². The number of nitrogens with zero attached hydrogens (tertiary/aromatic N) is 4. The van der Waals surface area contributed by atoms with Crippen molar-refractivity contribution in [3.05, 3.63) is 265 Å². The van der Waals surface area contributed by atoms with Crippen LogP contribution in [0.1, 0.15) is 48.6 Å². The molecule has 3 heterocycles. The molecule has 0 amide bonds. The Hall–Kier alpha value is -8.89. The molecule has 0 N–H and O–H groups in total. The summed E-state index contributed by atoms with van der Waals surface area (Å²) in [6, 6.07) is 86.5. The Labute approximate surface area is 407 Å². The summed E-state index contributed by atoms with van der Waals surface area (Å²) in [6.45, 7) is 6.71. The largest absolute Gasteiger partial charge is 0.503 e. The number of pyridine rings is 1. The number of hydrogen-bond donors (Lipinski definition) is 0. The van der Waals surface area contributed by atoms with E-state index in [9.17, 15) is 0 Å². The normalized spacial score (nSPS) is 13.4. The molecule has 13 rings (SSSR count). The number of benzene rings is 9. The average Bonchev–Trinajstić information content (AvgIpc) is 4.06. The molecule has 1 aliphatic heterocycles. The minimum absolute atomic E-state index is 0.0177. The summed E-state index contributed by atoms with van der Waals surface area (Å²) < 4.78 is 13.4. The van der Waals surface area contributed by atoms with Crippen molar-refractivity contribution in [2.24, 2.45) is 0 Å². The Morgan fingerprint density at radius 1 is 0.471 bits per heavy atom. The highest BCUT2D eigenvalue weighted by atomic mass is 16.5. The van der Waals surface area contributed by atoms with Crippen molar-refractivity contribution in [3.63, 3.8) is 0 Å². The summed E-state index contributed by atoms with van der Waals surface area (Å²) in [7, 11) is 0. The van der Waals surface area contributed by atoms with Crippen molar-refractivity contribution < 1.29 is 4.74 Å². The smallest absolute Gasteiger partial charge is 0.457 e. The maximum absolute atomic E-state index is 6.76. The minimum Gasteiger partial charge on any atom is -0.457 e. The molecule has 0 atom stereocenters. The van der Waals surface area contributed by atoms with Crippen LogP contribution < -0.4 is 13.9 Å². The van der Waals surface area contributed by atoms with Gasteiger partial charge in [-0.15, -0.1) is 0 Å². The van der Waals surface area contributed by atoms with Gasteiger partial charge in [0.1, 0.15) is 17.3 Å². The predicted octanol–water partition coefficient (Wildman–Crippen LogP) is 16.2. The summed E-state index contributed by atoms with van der Waals surface area (Å²) in [5.41, 5.74) is 16.8. The zero-order chi connectivity index (χ0) is 47.0. The van der Waals surface area contributed by atoms with Gasteiger partial charge in [-0.05, 0) is 108 Å². The zero-order valence-corrected chi connectivity index (χ0v) is 39.2. The fourth-order valence-electron chi connectivity index (χ4n) is 11.1. The van der Waals surface area contributed by atoms with E-state index in [0.717, 1.165) is 67.6 Å². The third-order valence-electron chi connectivity index (χ3n) is 14.3. The summed E-state index contributed by atoms with van der Waals surface area (Å²) >= 11 is 0. The van der Waals surface area contributed by atoms with Crippen LogP contribution in [0.2, 0.25) is 0 Å². The quantitative estimate of drug-likeness (QED) is 0.142. The van der Waals surface area contributed by atoms with Gasteiger partial charge in [0.25, 0.3) is 11.4 Å². The van der Waals surface area contributed by atoms with Crippen LogP contribution in [0, 0.1) is 0 Å². The zero-order valence-electron chi connectivity index (χ0n) is 39.2. The van der Waals surface area contributed by atoms with Crippen molar-refractivity contribution in [1.82, 2.24) is 18.7 Å². The van der Waals surface area contributed by atoms with E-state index >= 15 is 0 Å². The molecule has 0 spiro atoms. The first kappa shape index (κ1) is 41.3. The van der Waals surface area contributed by atoms with Gasteiger partial charge in [-0.3, -0.25) is 4.57 Å². The van der Waals surface area contributed by atoms with Gasteiger partial charge in [0.15, 0.2) is 0 Å². The Morgan fingerprint density at radius 3 is 1.86 bits per heavy atom. The predicted molar refractivity (Wildman–Crippen MR) is 287 cm³/mol. The Kier molecular flexibility index (Phi) is 9.52. The maximum Gasteiger partial charge on any atom is 0.503 e. The fourth-order valence-corrected chi connectivity index (χ4v) is 11.1. The number of fused-ring (bicyclic) bond motifs is 7. The summed E-state index contributed by atoms with van der Waals surface area (Å²) in [5.74, 6) is 2.36. The van der Waals surface area contributed by atoms with E-state index in [0.29, 0.717) is 0 Å². The molecular weight excluding hydrogens is 853 g/mol. The van der Waals surface area contributed by atoms with E-state index in [1.807, 2.05) is 12.3 Å². The molecule has 0 saturated carbocycles. The molecule has 2 aliphatic rings. The molecule has 0 saturated heterocycles. The third-order valence-corrected chi connectivity index (χ3v) is 14.3. The van der Waals surface area contributed by atoms with Crippen molar-refractivity contribution in [2.45, 2.75) is 31.6 Å². The van der Waals surface area contributed by atoms with Gasteiger partial charge in [0, 0.05) is 47.3 Å². The van der Waals surface area contributed by atoms with Crippen LogP contribution in [0.25, 0.3) is 49.9 Å². The van der Waals surface area contributed by atoms with E-state index in [1.54, 1.807) is 0 Å². The van der Waals surface area contributed by atoms with E-state index in [1.165, 1.54) is 44.3 Å². The third kappa shape index (κ3) is 6.51. The highest BCUT2D eigenvalue weighted by Gasteiger charge is 2.46. The molecule has 2 aromatic heterocycles. The van der Waals surface area contributed by atoms with Gasteiger partial charge in [0.05, 0.1) is 28.1 Å². The molecule has 0 unspecified atom stereocenters. The monoisotopic (exact) mass is 900 g/mol. The lowest BCUT2D eigenvalue weighted by molar-refractivity contribution is 0.483.